The summed E-state index contributed by atoms with van der Waals surface area (Å²) < 4.78 is 0. The summed E-state index contributed by atoms with van der Waals surface area (Å²) in [5.41, 5.74) is 1.32. The minimum absolute atomic E-state index is 0. The standard InChI is InChI=1S/C8H11O.2ClH.Ti/c9-7-3-6-8-4-1-2-5-8;;;/h1-2,4-5,9H,3,6-7H2;2*1H;/q-1;;;+3/p-2. The van der Waals surface area contributed by atoms with E-state index in [0.717, 1.165) is 12.8 Å². The summed E-state index contributed by atoms with van der Waals surface area (Å²) in [5.74, 6) is 0. The summed E-state index contributed by atoms with van der Waals surface area (Å²) in [6, 6.07) is 8.20. The van der Waals surface area contributed by atoms with Crippen molar-refractivity contribution in [1.29, 1.82) is 0 Å². The number of aliphatic hydroxyl groups excluding tert-OH is 1. The fourth-order valence-electron chi connectivity index (χ4n) is 0.864. The summed E-state index contributed by atoms with van der Waals surface area (Å²) >= 11 is 0. The number of hydrogen-bond donors (Lipinski definition) is 1. The van der Waals surface area contributed by atoms with E-state index >= 15 is 0 Å². The first-order valence-corrected chi connectivity index (χ1v) is 3.25. The van der Waals surface area contributed by atoms with Crippen LogP contribution in [0.5, 0.6) is 0 Å². The normalized spacial score (nSPS) is 7.42. The van der Waals surface area contributed by atoms with Gasteiger partial charge in [0.2, 0.25) is 0 Å². The third-order valence-electron chi connectivity index (χ3n) is 1.36. The molecule has 0 spiro atoms. The van der Waals surface area contributed by atoms with Crippen LogP contribution in [0.1, 0.15) is 12.0 Å². The van der Waals surface area contributed by atoms with Crippen molar-refractivity contribution in [3.63, 3.8) is 0 Å². The van der Waals surface area contributed by atoms with Gasteiger partial charge in [0.15, 0.2) is 0 Å². The monoisotopic (exact) mass is 241 g/mol. The van der Waals surface area contributed by atoms with Crippen LogP contribution >= 0.6 is 0 Å². The molecule has 0 aromatic heterocycles. The topological polar surface area (TPSA) is 20.2 Å². The van der Waals surface area contributed by atoms with Crippen molar-refractivity contribution in [2.45, 2.75) is 12.8 Å². The van der Waals surface area contributed by atoms with Gasteiger partial charge in [-0.15, -0.1) is 0 Å². The molecule has 67 valence electrons. The van der Waals surface area contributed by atoms with Gasteiger partial charge in [-0.05, 0) is 6.42 Å². The molecule has 0 aliphatic carbocycles. The predicted octanol–water partition coefficient (Wildman–Crippen LogP) is -4.66. The molecule has 0 heterocycles. The molecule has 1 rings (SSSR count). The summed E-state index contributed by atoms with van der Waals surface area (Å²) in [5, 5.41) is 8.47. The number of rotatable bonds is 3. The first-order chi connectivity index (χ1) is 4.43. The molecule has 0 amide bonds. The van der Waals surface area contributed by atoms with Gasteiger partial charge in [0, 0.05) is 6.61 Å². The van der Waals surface area contributed by atoms with E-state index in [4.69, 9.17) is 5.11 Å². The van der Waals surface area contributed by atoms with Gasteiger partial charge >= 0.3 is 21.7 Å². The number of hydrogen-bond acceptors (Lipinski definition) is 1. The second-order valence-corrected chi connectivity index (χ2v) is 2.12. The maximum Gasteiger partial charge on any atom is 3.00 e. The summed E-state index contributed by atoms with van der Waals surface area (Å²) in [6.45, 7) is 0.297. The van der Waals surface area contributed by atoms with Gasteiger partial charge in [-0.2, -0.15) is 23.8 Å². The SMILES string of the molecule is OCCCc1cc[cH-]c1.[Cl-].[Cl-].[Ti+3]. The molecule has 0 saturated heterocycles. The van der Waals surface area contributed by atoms with Crippen molar-refractivity contribution in [3.05, 3.63) is 29.8 Å². The molecule has 0 fully saturated rings. The van der Waals surface area contributed by atoms with E-state index in [-0.39, 0.29) is 46.5 Å². The molecule has 0 aliphatic heterocycles. The summed E-state index contributed by atoms with van der Waals surface area (Å²) in [6.07, 6.45) is 1.88. The van der Waals surface area contributed by atoms with Gasteiger partial charge < -0.3 is 29.9 Å². The largest absolute Gasteiger partial charge is 3.00 e. The molecular formula is C8H11Cl2OTi. The fourth-order valence-corrected chi connectivity index (χ4v) is 0.864. The zero-order valence-electron chi connectivity index (χ0n) is 6.63. The Labute approximate surface area is 101 Å². The van der Waals surface area contributed by atoms with Gasteiger partial charge in [-0.1, -0.05) is 6.42 Å². The van der Waals surface area contributed by atoms with Crippen LogP contribution in [0.15, 0.2) is 24.3 Å². The number of aliphatic hydroxyl groups is 1. The van der Waals surface area contributed by atoms with Crippen LogP contribution in [0.25, 0.3) is 0 Å². The molecule has 0 bridgehead atoms. The first-order valence-electron chi connectivity index (χ1n) is 3.25. The van der Waals surface area contributed by atoms with Crippen molar-refractivity contribution in [3.8, 4) is 0 Å². The van der Waals surface area contributed by atoms with Crippen LogP contribution in [-0.4, -0.2) is 11.7 Å². The third kappa shape index (κ3) is 7.26. The number of aryl methyl sites for hydroxylation is 1. The van der Waals surface area contributed by atoms with E-state index in [9.17, 15) is 0 Å². The quantitative estimate of drug-likeness (QED) is 0.417. The van der Waals surface area contributed by atoms with Gasteiger partial charge in [-0.25, -0.2) is 6.07 Å². The van der Waals surface area contributed by atoms with Crippen molar-refractivity contribution in [2.24, 2.45) is 0 Å². The Bertz CT molecular complexity index is 154. The molecular weight excluding hydrogens is 231 g/mol. The van der Waals surface area contributed by atoms with E-state index in [1.165, 1.54) is 5.56 Å². The van der Waals surface area contributed by atoms with Gasteiger partial charge in [0.05, 0.1) is 0 Å². The summed E-state index contributed by atoms with van der Waals surface area (Å²) in [4.78, 5) is 0. The van der Waals surface area contributed by atoms with E-state index in [1.807, 2.05) is 12.1 Å². The molecule has 1 radical (unpaired) electrons. The zero-order valence-corrected chi connectivity index (χ0v) is 9.71. The summed E-state index contributed by atoms with van der Waals surface area (Å²) in [7, 11) is 0. The predicted molar refractivity (Wildman–Crippen MR) is 37.4 cm³/mol. The molecule has 12 heavy (non-hydrogen) atoms. The Hall–Kier alpha value is 0.604. The van der Waals surface area contributed by atoms with Crippen molar-refractivity contribution >= 4 is 0 Å². The molecule has 0 atom stereocenters. The van der Waals surface area contributed by atoms with Gasteiger partial charge in [0.25, 0.3) is 0 Å². The van der Waals surface area contributed by atoms with Crippen LogP contribution in [0.2, 0.25) is 0 Å². The van der Waals surface area contributed by atoms with Crippen LogP contribution in [0.4, 0.5) is 0 Å². The number of halogens is 2. The van der Waals surface area contributed by atoms with E-state index in [0.29, 0.717) is 6.61 Å². The molecule has 0 aliphatic rings. The Kier molecular flexibility index (Phi) is 17.8. The minimum atomic E-state index is 0. The maximum absolute atomic E-state index is 8.47. The third-order valence-corrected chi connectivity index (χ3v) is 1.36. The van der Waals surface area contributed by atoms with Gasteiger partial charge in [0.1, 0.15) is 0 Å². The molecule has 4 heteroatoms. The molecule has 1 aromatic carbocycles. The van der Waals surface area contributed by atoms with Crippen molar-refractivity contribution < 1.29 is 51.6 Å². The van der Waals surface area contributed by atoms with Crippen LogP contribution in [0.3, 0.4) is 0 Å². The Morgan fingerprint density at radius 2 is 2.00 bits per heavy atom. The second-order valence-electron chi connectivity index (χ2n) is 2.12. The first kappa shape index (κ1) is 18.4. The molecule has 0 saturated carbocycles. The van der Waals surface area contributed by atoms with Gasteiger partial charge in [-0.3, -0.25) is 0 Å². The minimum Gasteiger partial charge on any atom is -1.00 e. The van der Waals surface area contributed by atoms with Crippen LogP contribution in [-0.2, 0) is 28.1 Å². The van der Waals surface area contributed by atoms with E-state index in [1.54, 1.807) is 0 Å². The average Bonchev–Trinajstić information content (AvgIpc) is 2.34. The van der Waals surface area contributed by atoms with Crippen LogP contribution in [0, 0.1) is 0 Å². The van der Waals surface area contributed by atoms with E-state index in [2.05, 4.69) is 12.1 Å². The van der Waals surface area contributed by atoms with Crippen LogP contribution < -0.4 is 24.8 Å². The fraction of sp³-hybridized carbons (Fsp3) is 0.375. The molecule has 1 N–H and O–H groups in total. The Morgan fingerprint density at radius 1 is 1.33 bits per heavy atom. The molecule has 0 unspecified atom stereocenters. The van der Waals surface area contributed by atoms with E-state index < -0.39 is 0 Å². The van der Waals surface area contributed by atoms with Crippen molar-refractivity contribution in [1.82, 2.24) is 0 Å². The maximum atomic E-state index is 8.47. The molecule has 1 nitrogen and oxygen atoms in total. The smallest absolute Gasteiger partial charge is 1.00 e. The average molecular weight is 242 g/mol. The Morgan fingerprint density at radius 3 is 2.42 bits per heavy atom. The molecule has 1 aromatic rings. The van der Waals surface area contributed by atoms with Crippen molar-refractivity contribution in [2.75, 3.05) is 6.61 Å². The second kappa shape index (κ2) is 11.6. The zero-order chi connectivity index (χ0) is 6.53. The Balaban J connectivity index is -0.000000270.